The number of nitrogens with one attached hydrogen (secondary N) is 1. The van der Waals surface area contributed by atoms with Gasteiger partial charge in [0.2, 0.25) is 0 Å². The van der Waals surface area contributed by atoms with Crippen molar-refractivity contribution < 1.29 is 4.79 Å². The minimum Gasteiger partial charge on any atom is -0.344 e. The summed E-state index contributed by atoms with van der Waals surface area (Å²) >= 11 is 1.67. The molecule has 1 aromatic carbocycles. The van der Waals surface area contributed by atoms with E-state index in [0.29, 0.717) is 5.56 Å². The molecular weight excluding hydrogens is 270 g/mol. The summed E-state index contributed by atoms with van der Waals surface area (Å²) in [6.07, 6.45) is 3.15. The summed E-state index contributed by atoms with van der Waals surface area (Å²) in [6.45, 7) is 1.91. The van der Waals surface area contributed by atoms with Gasteiger partial charge in [0.15, 0.2) is 0 Å². The lowest BCUT2D eigenvalue weighted by atomic mass is 10.1. The Morgan fingerprint density at radius 2 is 2.20 bits per heavy atom. The molecule has 0 saturated heterocycles. The predicted octanol–water partition coefficient (Wildman–Crippen LogP) is 3.18. The van der Waals surface area contributed by atoms with Gasteiger partial charge in [-0.1, -0.05) is 0 Å². The molecule has 1 N–H and O–H groups in total. The van der Waals surface area contributed by atoms with Crippen LogP contribution in [0.2, 0.25) is 0 Å². The number of fused-ring (bicyclic) bond motifs is 1. The first-order valence-corrected chi connectivity index (χ1v) is 7.16. The first-order chi connectivity index (χ1) is 9.74. The van der Waals surface area contributed by atoms with Crippen LogP contribution in [0.1, 0.15) is 29.0 Å². The summed E-state index contributed by atoms with van der Waals surface area (Å²) in [4.78, 5) is 20.3. The Morgan fingerprint density at radius 1 is 1.30 bits per heavy atom. The molecule has 3 rings (SSSR count). The van der Waals surface area contributed by atoms with Crippen LogP contribution >= 0.6 is 11.3 Å². The fourth-order valence-corrected chi connectivity index (χ4v) is 2.79. The van der Waals surface area contributed by atoms with Crippen molar-refractivity contribution in [1.29, 1.82) is 0 Å². The third-order valence-electron chi connectivity index (χ3n) is 3.11. The second-order valence-corrected chi connectivity index (χ2v) is 5.45. The van der Waals surface area contributed by atoms with Gasteiger partial charge in [0.05, 0.1) is 11.7 Å². The minimum absolute atomic E-state index is 0.0933. The van der Waals surface area contributed by atoms with Gasteiger partial charge in [0.25, 0.3) is 5.91 Å². The van der Waals surface area contributed by atoms with Gasteiger partial charge in [-0.3, -0.25) is 4.79 Å². The molecule has 20 heavy (non-hydrogen) atoms. The molecule has 0 spiro atoms. The highest BCUT2D eigenvalue weighted by Gasteiger charge is 2.12. The summed E-state index contributed by atoms with van der Waals surface area (Å²) in [6, 6.07) is 9.40. The van der Waals surface area contributed by atoms with Gasteiger partial charge >= 0.3 is 0 Å². The Kier molecular flexibility index (Phi) is 3.43. The zero-order chi connectivity index (χ0) is 13.9. The van der Waals surface area contributed by atoms with Crippen molar-refractivity contribution >= 4 is 27.3 Å². The lowest BCUT2D eigenvalue weighted by molar-refractivity contribution is 0.0939. The number of rotatable bonds is 3. The molecule has 1 amide bonds. The van der Waals surface area contributed by atoms with Gasteiger partial charge in [0.1, 0.15) is 6.33 Å². The van der Waals surface area contributed by atoms with Gasteiger partial charge < -0.3 is 5.32 Å². The lowest BCUT2D eigenvalue weighted by Gasteiger charge is -2.13. The number of hydrogen-bond acceptors (Lipinski definition) is 4. The fraction of sp³-hybridized carbons (Fsp3) is 0.133. The van der Waals surface area contributed by atoms with Crippen molar-refractivity contribution in [3.05, 3.63) is 59.5 Å². The molecule has 0 radical (unpaired) electrons. The fourth-order valence-electron chi connectivity index (χ4n) is 2.02. The van der Waals surface area contributed by atoms with Crippen molar-refractivity contribution in [1.82, 2.24) is 15.3 Å². The maximum absolute atomic E-state index is 12.2. The third-order valence-corrected chi connectivity index (χ3v) is 4.01. The quantitative estimate of drug-likeness (QED) is 0.803. The molecule has 0 aliphatic heterocycles. The summed E-state index contributed by atoms with van der Waals surface area (Å²) in [5.41, 5.74) is 1.46. The van der Waals surface area contributed by atoms with Crippen LogP contribution in [0.4, 0.5) is 0 Å². The zero-order valence-electron chi connectivity index (χ0n) is 10.9. The van der Waals surface area contributed by atoms with E-state index in [2.05, 4.69) is 15.3 Å². The number of aromatic nitrogens is 2. The molecule has 0 aliphatic carbocycles. The molecule has 100 valence electrons. The molecule has 0 saturated carbocycles. The normalized spacial score (nSPS) is 12.2. The maximum Gasteiger partial charge on any atom is 0.251 e. The van der Waals surface area contributed by atoms with Crippen LogP contribution in [0.5, 0.6) is 0 Å². The molecule has 0 bridgehead atoms. The van der Waals surface area contributed by atoms with E-state index < -0.39 is 0 Å². The van der Waals surface area contributed by atoms with Gasteiger partial charge in [-0.15, -0.1) is 11.3 Å². The highest BCUT2D eigenvalue weighted by Crippen LogP contribution is 2.22. The summed E-state index contributed by atoms with van der Waals surface area (Å²) < 4.78 is 1.19. The maximum atomic E-state index is 12.2. The van der Waals surface area contributed by atoms with E-state index in [4.69, 9.17) is 0 Å². The monoisotopic (exact) mass is 283 g/mol. The Labute approximate surface area is 120 Å². The summed E-state index contributed by atoms with van der Waals surface area (Å²) in [5.74, 6) is -0.0933. The van der Waals surface area contributed by atoms with Crippen molar-refractivity contribution in [2.75, 3.05) is 0 Å². The Balaban J connectivity index is 1.78. The SMILES string of the molecule is CC(NC(=O)c1ccc2sccc2c1)c1ccncn1. The van der Waals surface area contributed by atoms with E-state index in [0.717, 1.165) is 11.1 Å². The van der Waals surface area contributed by atoms with Gasteiger partial charge in [-0.2, -0.15) is 0 Å². The first-order valence-electron chi connectivity index (χ1n) is 6.28. The van der Waals surface area contributed by atoms with Crippen molar-refractivity contribution in [2.45, 2.75) is 13.0 Å². The lowest BCUT2D eigenvalue weighted by Crippen LogP contribution is -2.27. The molecule has 0 fully saturated rings. The van der Waals surface area contributed by atoms with E-state index >= 15 is 0 Å². The van der Waals surface area contributed by atoms with Crippen LogP contribution in [-0.2, 0) is 0 Å². The smallest absolute Gasteiger partial charge is 0.251 e. The van der Waals surface area contributed by atoms with Gasteiger partial charge in [-0.25, -0.2) is 9.97 Å². The molecule has 3 aromatic rings. The Morgan fingerprint density at radius 3 is 3.00 bits per heavy atom. The third kappa shape index (κ3) is 2.53. The predicted molar refractivity (Wildman–Crippen MR) is 79.7 cm³/mol. The minimum atomic E-state index is -0.149. The Bertz CT molecular complexity index is 739. The number of carbonyl (C=O) groups excluding carboxylic acids is 1. The largest absolute Gasteiger partial charge is 0.344 e. The van der Waals surface area contributed by atoms with E-state index in [1.807, 2.05) is 36.6 Å². The molecular formula is C15H13N3OS. The molecule has 1 atom stereocenters. The molecule has 2 aromatic heterocycles. The van der Waals surface area contributed by atoms with Crippen molar-refractivity contribution in [3.63, 3.8) is 0 Å². The topological polar surface area (TPSA) is 54.9 Å². The average molecular weight is 283 g/mol. The molecule has 1 unspecified atom stereocenters. The van der Waals surface area contributed by atoms with E-state index in [1.54, 1.807) is 23.6 Å². The molecule has 5 heteroatoms. The van der Waals surface area contributed by atoms with Gasteiger partial charge in [-0.05, 0) is 48.0 Å². The van der Waals surface area contributed by atoms with Crippen molar-refractivity contribution in [3.8, 4) is 0 Å². The molecule has 2 heterocycles. The number of carbonyl (C=O) groups is 1. The van der Waals surface area contributed by atoms with E-state index in [9.17, 15) is 4.79 Å². The summed E-state index contributed by atoms with van der Waals surface area (Å²) in [7, 11) is 0. The number of thiophene rings is 1. The first kappa shape index (κ1) is 12.7. The van der Waals surface area contributed by atoms with Crippen LogP contribution in [-0.4, -0.2) is 15.9 Å². The highest BCUT2D eigenvalue weighted by molar-refractivity contribution is 7.17. The number of hydrogen-bond donors (Lipinski definition) is 1. The van der Waals surface area contributed by atoms with E-state index in [1.165, 1.54) is 11.0 Å². The number of benzene rings is 1. The Hall–Kier alpha value is -2.27. The van der Waals surface area contributed by atoms with Crippen LogP contribution in [0.25, 0.3) is 10.1 Å². The average Bonchev–Trinajstić information content (AvgIpc) is 2.95. The second-order valence-electron chi connectivity index (χ2n) is 4.50. The van der Waals surface area contributed by atoms with Crippen LogP contribution in [0.15, 0.2) is 48.2 Å². The molecule has 0 aliphatic rings. The second kappa shape index (κ2) is 5.38. The standard InChI is InChI=1S/C15H13N3OS/c1-10(13-4-6-16-9-17-13)18-15(19)12-2-3-14-11(8-12)5-7-20-14/h2-10H,1H3,(H,18,19). The van der Waals surface area contributed by atoms with Crippen LogP contribution in [0.3, 0.4) is 0 Å². The van der Waals surface area contributed by atoms with Gasteiger partial charge in [0, 0.05) is 16.5 Å². The summed E-state index contributed by atoms with van der Waals surface area (Å²) in [5, 5.41) is 6.06. The van der Waals surface area contributed by atoms with Crippen molar-refractivity contribution in [2.24, 2.45) is 0 Å². The number of nitrogens with zero attached hydrogens (tertiary/aromatic N) is 2. The van der Waals surface area contributed by atoms with Crippen LogP contribution < -0.4 is 5.32 Å². The highest BCUT2D eigenvalue weighted by atomic mass is 32.1. The molecule has 4 nitrogen and oxygen atoms in total. The van der Waals surface area contributed by atoms with Crippen LogP contribution in [0, 0.1) is 0 Å². The van der Waals surface area contributed by atoms with E-state index in [-0.39, 0.29) is 11.9 Å². The zero-order valence-corrected chi connectivity index (χ0v) is 11.7. The number of amides is 1.